The van der Waals surface area contributed by atoms with Gasteiger partial charge in [-0.2, -0.15) is 4.98 Å². The van der Waals surface area contributed by atoms with Gasteiger partial charge in [-0.15, -0.1) is 0 Å². The monoisotopic (exact) mass is 179 g/mol. The molecule has 4 N–H and O–H groups in total. The van der Waals surface area contributed by atoms with E-state index in [0.717, 1.165) is 0 Å². The van der Waals surface area contributed by atoms with Gasteiger partial charge in [0.15, 0.2) is 5.82 Å². The molecule has 13 heavy (non-hydrogen) atoms. The molecule has 1 atom stereocenters. The standard InChI is InChI=1S/C7H9N5O/c1-3-2-9-5-4(10-3)6(13)12-7(8)11-5/h2-3,10H,1H3,(H3,8,11,12,13). The summed E-state index contributed by atoms with van der Waals surface area (Å²) in [4.78, 5) is 21.6. The van der Waals surface area contributed by atoms with E-state index in [0.29, 0.717) is 11.5 Å². The smallest absolute Gasteiger partial charge is 0.277 e. The van der Waals surface area contributed by atoms with Gasteiger partial charge in [-0.3, -0.25) is 9.78 Å². The molecule has 0 aromatic carbocycles. The number of aliphatic imine (C=N–C) groups is 1. The van der Waals surface area contributed by atoms with Crippen LogP contribution < -0.4 is 16.6 Å². The Hall–Kier alpha value is -1.85. The Labute approximate surface area is 73.9 Å². The molecule has 6 heteroatoms. The van der Waals surface area contributed by atoms with Crippen molar-refractivity contribution in [3.05, 3.63) is 10.4 Å². The third-order valence-electron chi connectivity index (χ3n) is 1.71. The second-order valence-electron chi connectivity index (χ2n) is 2.86. The van der Waals surface area contributed by atoms with Gasteiger partial charge in [0.2, 0.25) is 5.95 Å². The van der Waals surface area contributed by atoms with Crippen molar-refractivity contribution in [3.63, 3.8) is 0 Å². The molecule has 0 bridgehead atoms. The van der Waals surface area contributed by atoms with Crippen LogP contribution in [0.15, 0.2) is 9.79 Å². The summed E-state index contributed by atoms with van der Waals surface area (Å²) in [5.41, 5.74) is 5.44. The number of aromatic nitrogens is 2. The van der Waals surface area contributed by atoms with E-state index in [1.165, 1.54) is 0 Å². The number of aromatic amines is 1. The summed E-state index contributed by atoms with van der Waals surface area (Å²) in [6, 6.07) is 0.0408. The average Bonchev–Trinajstić information content (AvgIpc) is 2.06. The summed E-state index contributed by atoms with van der Waals surface area (Å²) in [7, 11) is 0. The van der Waals surface area contributed by atoms with Crippen LogP contribution in [0.25, 0.3) is 0 Å². The highest BCUT2D eigenvalue weighted by Gasteiger charge is 2.15. The molecule has 0 saturated carbocycles. The van der Waals surface area contributed by atoms with E-state index in [2.05, 4.69) is 20.3 Å². The molecule has 0 radical (unpaired) electrons. The van der Waals surface area contributed by atoms with Gasteiger partial charge in [-0.25, -0.2) is 4.99 Å². The molecule has 1 aliphatic heterocycles. The number of nitrogens with two attached hydrogens (primary N) is 1. The zero-order chi connectivity index (χ0) is 9.42. The van der Waals surface area contributed by atoms with Crippen LogP contribution >= 0.6 is 0 Å². The number of nitrogens with zero attached hydrogens (tertiary/aromatic N) is 2. The first kappa shape index (κ1) is 7.78. The van der Waals surface area contributed by atoms with Crippen molar-refractivity contribution in [3.8, 4) is 0 Å². The molecule has 1 aliphatic rings. The predicted molar refractivity (Wildman–Crippen MR) is 50.5 cm³/mol. The normalized spacial score (nSPS) is 19.3. The second-order valence-corrected chi connectivity index (χ2v) is 2.86. The van der Waals surface area contributed by atoms with Gasteiger partial charge >= 0.3 is 0 Å². The topological polar surface area (TPSA) is 96.2 Å². The van der Waals surface area contributed by atoms with Gasteiger partial charge in [-0.1, -0.05) is 0 Å². The lowest BCUT2D eigenvalue weighted by atomic mass is 10.3. The first-order chi connectivity index (χ1) is 6.16. The number of hydrogen-bond acceptors (Lipinski definition) is 5. The van der Waals surface area contributed by atoms with Crippen molar-refractivity contribution in [2.24, 2.45) is 4.99 Å². The fourth-order valence-corrected chi connectivity index (χ4v) is 1.15. The zero-order valence-corrected chi connectivity index (χ0v) is 7.03. The minimum Gasteiger partial charge on any atom is -0.370 e. The van der Waals surface area contributed by atoms with Gasteiger partial charge in [-0.05, 0) is 6.92 Å². The lowest BCUT2D eigenvalue weighted by molar-refractivity contribution is 1.01. The maximum atomic E-state index is 11.3. The summed E-state index contributed by atoms with van der Waals surface area (Å²) >= 11 is 0. The van der Waals surface area contributed by atoms with Crippen molar-refractivity contribution < 1.29 is 0 Å². The maximum Gasteiger partial charge on any atom is 0.277 e. The van der Waals surface area contributed by atoms with E-state index in [1.807, 2.05) is 6.92 Å². The first-order valence-corrected chi connectivity index (χ1v) is 3.87. The largest absolute Gasteiger partial charge is 0.370 e. The molecule has 2 heterocycles. The summed E-state index contributed by atoms with van der Waals surface area (Å²) in [5.74, 6) is 0.427. The molecule has 0 saturated heterocycles. The summed E-state index contributed by atoms with van der Waals surface area (Å²) in [5, 5.41) is 2.94. The Morgan fingerprint density at radius 1 is 1.62 bits per heavy atom. The SMILES string of the molecule is CC1C=Nc2nc(N)[nH]c(=O)c2N1. The molecule has 1 aromatic heterocycles. The van der Waals surface area contributed by atoms with Crippen LogP contribution in [0.4, 0.5) is 17.5 Å². The van der Waals surface area contributed by atoms with E-state index in [4.69, 9.17) is 5.73 Å². The molecule has 68 valence electrons. The van der Waals surface area contributed by atoms with Gasteiger partial charge in [0, 0.05) is 6.21 Å². The fraction of sp³-hybridized carbons (Fsp3) is 0.286. The van der Waals surface area contributed by atoms with Gasteiger partial charge in [0.1, 0.15) is 5.69 Å². The Morgan fingerprint density at radius 3 is 3.15 bits per heavy atom. The predicted octanol–water partition coefficient (Wildman–Crippen LogP) is -0.132. The van der Waals surface area contributed by atoms with E-state index in [-0.39, 0.29) is 17.5 Å². The molecular formula is C7H9N5O. The highest BCUT2D eigenvalue weighted by molar-refractivity contribution is 5.80. The molecule has 1 aromatic rings. The van der Waals surface area contributed by atoms with Crippen LogP contribution in [0.5, 0.6) is 0 Å². The summed E-state index contributed by atoms with van der Waals surface area (Å²) in [6.45, 7) is 1.89. The Balaban J connectivity index is 2.63. The number of H-pyrrole nitrogens is 1. The number of fused-ring (bicyclic) bond motifs is 1. The lowest BCUT2D eigenvalue weighted by Gasteiger charge is -2.15. The van der Waals surface area contributed by atoms with Crippen LogP contribution in [-0.2, 0) is 0 Å². The van der Waals surface area contributed by atoms with Crippen molar-refractivity contribution >= 4 is 23.7 Å². The van der Waals surface area contributed by atoms with Crippen LogP contribution in [-0.4, -0.2) is 22.2 Å². The molecule has 2 rings (SSSR count). The molecule has 0 aliphatic carbocycles. The van der Waals surface area contributed by atoms with Crippen molar-refractivity contribution in [1.82, 2.24) is 9.97 Å². The molecule has 6 nitrogen and oxygen atoms in total. The molecule has 0 spiro atoms. The average molecular weight is 179 g/mol. The number of nitrogens with one attached hydrogen (secondary N) is 2. The number of nitrogen functional groups attached to an aromatic ring is 1. The number of rotatable bonds is 0. The summed E-state index contributed by atoms with van der Waals surface area (Å²) in [6.07, 6.45) is 1.67. The van der Waals surface area contributed by atoms with E-state index < -0.39 is 0 Å². The molecular weight excluding hydrogens is 170 g/mol. The zero-order valence-electron chi connectivity index (χ0n) is 7.03. The minimum atomic E-state index is -0.286. The Kier molecular flexibility index (Phi) is 1.54. The molecule has 0 amide bonds. The number of hydrogen-bond donors (Lipinski definition) is 3. The van der Waals surface area contributed by atoms with Crippen LogP contribution in [0.2, 0.25) is 0 Å². The Bertz CT molecular complexity index is 421. The van der Waals surface area contributed by atoms with Crippen LogP contribution in [0.1, 0.15) is 6.92 Å². The van der Waals surface area contributed by atoms with Gasteiger partial charge in [0.25, 0.3) is 5.56 Å². The van der Waals surface area contributed by atoms with E-state index in [1.54, 1.807) is 6.21 Å². The third-order valence-corrected chi connectivity index (χ3v) is 1.71. The first-order valence-electron chi connectivity index (χ1n) is 3.87. The minimum absolute atomic E-state index is 0.0408. The van der Waals surface area contributed by atoms with E-state index in [9.17, 15) is 4.79 Å². The lowest BCUT2D eigenvalue weighted by Crippen LogP contribution is -2.26. The fourth-order valence-electron chi connectivity index (χ4n) is 1.15. The van der Waals surface area contributed by atoms with E-state index >= 15 is 0 Å². The molecule has 1 unspecified atom stereocenters. The Morgan fingerprint density at radius 2 is 2.38 bits per heavy atom. The van der Waals surface area contributed by atoms with Crippen molar-refractivity contribution in [2.45, 2.75) is 13.0 Å². The van der Waals surface area contributed by atoms with Gasteiger partial charge < -0.3 is 11.1 Å². The van der Waals surface area contributed by atoms with Crippen molar-refractivity contribution in [1.29, 1.82) is 0 Å². The third kappa shape index (κ3) is 1.26. The molecule has 0 fully saturated rings. The highest BCUT2D eigenvalue weighted by atomic mass is 16.1. The van der Waals surface area contributed by atoms with Crippen molar-refractivity contribution in [2.75, 3.05) is 11.1 Å². The maximum absolute atomic E-state index is 11.3. The summed E-state index contributed by atoms with van der Waals surface area (Å²) < 4.78 is 0. The van der Waals surface area contributed by atoms with Gasteiger partial charge in [0.05, 0.1) is 6.04 Å². The number of anilines is 2. The quantitative estimate of drug-likeness (QED) is 0.516. The highest BCUT2D eigenvalue weighted by Crippen LogP contribution is 2.21. The van der Waals surface area contributed by atoms with Crippen LogP contribution in [0.3, 0.4) is 0 Å². The van der Waals surface area contributed by atoms with Crippen LogP contribution in [0, 0.1) is 0 Å². The second kappa shape index (κ2) is 2.58.